The van der Waals surface area contributed by atoms with Gasteiger partial charge in [0.2, 0.25) is 0 Å². The van der Waals surface area contributed by atoms with Crippen LogP contribution in [0.3, 0.4) is 0 Å². The first kappa shape index (κ1) is 16.8. The second-order valence-electron chi connectivity index (χ2n) is 5.55. The molecule has 2 rings (SSSR count). The number of hydrogen-bond acceptors (Lipinski definition) is 1. The van der Waals surface area contributed by atoms with Gasteiger partial charge < -0.3 is 0 Å². The molecule has 0 N–H and O–H groups in total. The van der Waals surface area contributed by atoms with Gasteiger partial charge in [-0.05, 0) is 60.9 Å². The van der Waals surface area contributed by atoms with Crippen LogP contribution in [-0.4, -0.2) is 5.78 Å². The SMILES string of the molecule is C=CC(=O)c1ccc(C#Cc2ccc(CCCCC)cc2)cc1. The number of aryl methyl sites for hydroxylation is 1. The van der Waals surface area contributed by atoms with E-state index in [0.717, 1.165) is 17.5 Å². The lowest BCUT2D eigenvalue weighted by atomic mass is 10.0. The topological polar surface area (TPSA) is 17.1 Å². The molecule has 0 radical (unpaired) electrons. The van der Waals surface area contributed by atoms with Crippen LogP contribution in [0.1, 0.15) is 53.2 Å². The van der Waals surface area contributed by atoms with Crippen molar-refractivity contribution in [2.45, 2.75) is 32.6 Å². The van der Waals surface area contributed by atoms with E-state index in [0.29, 0.717) is 5.56 Å². The van der Waals surface area contributed by atoms with Gasteiger partial charge in [0.25, 0.3) is 0 Å². The molecule has 2 aromatic carbocycles. The molecule has 0 unspecified atom stereocenters. The van der Waals surface area contributed by atoms with E-state index in [4.69, 9.17) is 0 Å². The second kappa shape index (κ2) is 8.76. The Morgan fingerprint density at radius 2 is 1.52 bits per heavy atom. The van der Waals surface area contributed by atoms with Crippen LogP contribution in [0.25, 0.3) is 0 Å². The quantitative estimate of drug-likeness (QED) is 0.311. The third-order valence-electron chi connectivity index (χ3n) is 3.73. The van der Waals surface area contributed by atoms with Gasteiger partial charge in [0, 0.05) is 16.7 Å². The summed E-state index contributed by atoms with van der Waals surface area (Å²) < 4.78 is 0. The Kier molecular flexibility index (Phi) is 6.39. The van der Waals surface area contributed by atoms with Crippen molar-refractivity contribution in [3.63, 3.8) is 0 Å². The Morgan fingerprint density at radius 3 is 2.04 bits per heavy atom. The van der Waals surface area contributed by atoms with Crippen molar-refractivity contribution in [1.29, 1.82) is 0 Å². The molecule has 0 fully saturated rings. The molecule has 116 valence electrons. The first-order valence-corrected chi connectivity index (χ1v) is 8.10. The minimum absolute atomic E-state index is 0.0665. The summed E-state index contributed by atoms with van der Waals surface area (Å²) in [6.07, 6.45) is 6.24. The number of benzene rings is 2. The van der Waals surface area contributed by atoms with E-state index < -0.39 is 0 Å². The molecule has 0 saturated heterocycles. The van der Waals surface area contributed by atoms with Gasteiger partial charge in [0.15, 0.2) is 5.78 Å². The third-order valence-corrected chi connectivity index (χ3v) is 3.73. The highest BCUT2D eigenvalue weighted by molar-refractivity contribution is 6.04. The molecule has 0 aliphatic rings. The molecule has 1 nitrogen and oxygen atoms in total. The summed E-state index contributed by atoms with van der Waals surface area (Å²) in [6, 6.07) is 15.8. The molecule has 2 aromatic rings. The van der Waals surface area contributed by atoms with E-state index in [1.54, 1.807) is 12.1 Å². The van der Waals surface area contributed by atoms with Gasteiger partial charge in [0.1, 0.15) is 0 Å². The summed E-state index contributed by atoms with van der Waals surface area (Å²) in [5, 5.41) is 0. The summed E-state index contributed by atoms with van der Waals surface area (Å²) in [6.45, 7) is 5.71. The molecule has 0 atom stereocenters. The van der Waals surface area contributed by atoms with Crippen LogP contribution in [0.15, 0.2) is 61.2 Å². The number of carbonyl (C=O) groups excluding carboxylic acids is 1. The molecule has 0 bridgehead atoms. The number of ketones is 1. The number of allylic oxidation sites excluding steroid dienone is 1. The first-order valence-electron chi connectivity index (χ1n) is 8.10. The van der Waals surface area contributed by atoms with Gasteiger partial charge in [-0.3, -0.25) is 4.79 Å². The van der Waals surface area contributed by atoms with E-state index in [-0.39, 0.29) is 5.78 Å². The average molecular weight is 302 g/mol. The van der Waals surface area contributed by atoms with Gasteiger partial charge in [-0.1, -0.05) is 50.3 Å². The Labute approximate surface area is 139 Å². The van der Waals surface area contributed by atoms with Gasteiger partial charge in [-0.25, -0.2) is 0 Å². The van der Waals surface area contributed by atoms with Crippen molar-refractivity contribution >= 4 is 5.78 Å². The molecular weight excluding hydrogens is 280 g/mol. The Bertz CT molecular complexity index is 709. The van der Waals surface area contributed by atoms with Crippen LogP contribution in [0.2, 0.25) is 0 Å². The predicted molar refractivity (Wildman–Crippen MR) is 96.6 cm³/mol. The minimum Gasteiger partial charge on any atom is -0.289 e. The van der Waals surface area contributed by atoms with Crippen LogP contribution in [0.5, 0.6) is 0 Å². The molecule has 0 aliphatic carbocycles. The number of rotatable bonds is 6. The molecule has 0 saturated carbocycles. The van der Waals surface area contributed by atoms with Crippen LogP contribution in [0, 0.1) is 11.8 Å². The van der Waals surface area contributed by atoms with Gasteiger partial charge in [-0.15, -0.1) is 0 Å². The fourth-order valence-corrected chi connectivity index (χ4v) is 2.31. The normalized spacial score (nSPS) is 9.78. The minimum atomic E-state index is -0.0665. The molecular formula is C22H22O. The standard InChI is InChI=1S/C22H22O/c1-3-5-6-7-18-8-10-19(11-9-18)12-13-20-14-16-21(17-15-20)22(23)4-2/h4,8-11,14-17H,2-3,5-7H2,1H3. The summed E-state index contributed by atoms with van der Waals surface area (Å²) in [5.41, 5.74) is 3.92. The van der Waals surface area contributed by atoms with Crippen molar-refractivity contribution in [3.05, 3.63) is 83.4 Å². The van der Waals surface area contributed by atoms with Gasteiger partial charge >= 0.3 is 0 Å². The molecule has 0 amide bonds. The predicted octanol–water partition coefficient (Wildman–Crippen LogP) is 5.19. The van der Waals surface area contributed by atoms with E-state index in [1.165, 1.54) is 30.9 Å². The molecule has 1 heteroatoms. The fourth-order valence-electron chi connectivity index (χ4n) is 2.31. The van der Waals surface area contributed by atoms with E-state index >= 15 is 0 Å². The summed E-state index contributed by atoms with van der Waals surface area (Å²) in [4.78, 5) is 11.5. The van der Waals surface area contributed by atoms with Crippen molar-refractivity contribution in [2.75, 3.05) is 0 Å². The Hall–Kier alpha value is -2.59. The smallest absolute Gasteiger partial charge is 0.185 e. The molecule has 0 heterocycles. The fraction of sp³-hybridized carbons (Fsp3) is 0.227. The number of unbranched alkanes of at least 4 members (excludes halogenated alkanes) is 2. The maximum absolute atomic E-state index is 11.5. The summed E-state index contributed by atoms with van der Waals surface area (Å²) in [5.74, 6) is 6.23. The Morgan fingerprint density at radius 1 is 0.957 bits per heavy atom. The zero-order chi connectivity index (χ0) is 16.5. The van der Waals surface area contributed by atoms with Crippen molar-refractivity contribution < 1.29 is 4.79 Å². The maximum atomic E-state index is 11.5. The molecule has 0 aliphatic heterocycles. The van der Waals surface area contributed by atoms with E-state index in [2.05, 4.69) is 49.6 Å². The zero-order valence-electron chi connectivity index (χ0n) is 13.6. The van der Waals surface area contributed by atoms with Gasteiger partial charge in [0.05, 0.1) is 0 Å². The summed E-state index contributed by atoms with van der Waals surface area (Å²) in [7, 11) is 0. The zero-order valence-corrected chi connectivity index (χ0v) is 13.6. The lowest BCUT2D eigenvalue weighted by Gasteiger charge is -2.00. The highest BCUT2D eigenvalue weighted by Gasteiger charge is 1.99. The third kappa shape index (κ3) is 5.27. The van der Waals surface area contributed by atoms with E-state index in [9.17, 15) is 4.79 Å². The monoisotopic (exact) mass is 302 g/mol. The van der Waals surface area contributed by atoms with Crippen LogP contribution < -0.4 is 0 Å². The highest BCUT2D eigenvalue weighted by Crippen LogP contribution is 2.09. The van der Waals surface area contributed by atoms with E-state index in [1.807, 2.05) is 12.1 Å². The first-order chi connectivity index (χ1) is 11.2. The highest BCUT2D eigenvalue weighted by atomic mass is 16.1. The van der Waals surface area contributed by atoms with Crippen LogP contribution in [-0.2, 0) is 6.42 Å². The number of carbonyl (C=O) groups is 1. The van der Waals surface area contributed by atoms with Crippen molar-refractivity contribution in [3.8, 4) is 11.8 Å². The van der Waals surface area contributed by atoms with Crippen molar-refractivity contribution in [1.82, 2.24) is 0 Å². The van der Waals surface area contributed by atoms with Crippen LogP contribution in [0.4, 0.5) is 0 Å². The van der Waals surface area contributed by atoms with Crippen LogP contribution >= 0.6 is 0 Å². The second-order valence-corrected chi connectivity index (χ2v) is 5.55. The lowest BCUT2D eigenvalue weighted by molar-refractivity contribution is 0.104. The Balaban J connectivity index is 2.01. The lowest BCUT2D eigenvalue weighted by Crippen LogP contribution is -1.92. The molecule has 23 heavy (non-hydrogen) atoms. The molecule has 0 aromatic heterocycles. The van der Waals surface area contributed by atoms with Crippen molar-refractivity contribution in [2.24, 2.45) is 0 Å². The largest absolute Gasteiger partial charge is 0.289 e. The van der Waals surface area contributed by atoms with Gasteiger partial charge in [-0.2, -0.15) is 0 Å². The number of hydrogen-bond donors (Lipinski definition) is 0. The maximum Gasteiger partial charge on any atom is 0.185 e. The summed E-state index contributed by atoms with van der Waals surface area (Å²) >= 11 is 0. The molecule has 0 spiro atoms. The average Bonchev–Trinajstić information content (AvgIpc) is 2.61.